The van der Waals surface area contributed by atoms with Crippen LogP contribution in [0.2, 0.25) is 0 Å². The Labute approximate surface area is 171 Å². The van der Waals surface area contributed by atoms with E-state index in [-0.39, 0.29) is 11.8 Å². The number of amides is 2. The molecule has 0 saturated heterocycles. The summed E-state index contributed by atoms with van der Waals surface area (Å²) in [6.45, 7) is 0. The number of hydrogen-bond donors (Lipinski definition) is 2. The second-order valence-electron chi connectivity index (χ2n) is 5.38. The number of hydrazone groups is 1. The van der Waals surface area contributed by atoms with Gasteiger partial charge in [0.2, 0.25) is 0 Å². The number of hydrogen-bond acceptors (Lipinski definition) is 4. The van der Waals surface area contributed by atoms with E-state index in [4.69, 9.17) is 4.42 Å². The van der Waals surface area contributed by atoms with Crippen molar-refractivity contribution in [1.82, 2.24) is 5.43 Å². The van der Waals surface area contributed by atoms with E-state index in [2.05, 4.69) is 47.7 Å². The molecule has 0 fully saturated rings. The quantitative estimate of drug-likeness (QED) is 0.397. The predicted molar refractivity (Wildman–Crippen MR) is 110 cm³/mol. The minimum absolute atomic E-state index is 0.228. The molecule has 3 rings (SSSR count). The molecule has 2 aromatic carbocycles. The van der Waals surface area contributed by atoms with Gasteiger partial charge in [-0.15, -0.1) is 0 Å². The largest absolute Gasteiger partial charge is 0.448 e. The van der Waals surface area contributed by atoms with E-state index in [0.717, 1.165) is 4.47 Å². The molecule has 27 heavy (non-hydrogen) atoms. The van der Waals surface area contributed by atoms with Gasteiger partial charge in [0, 0.05) is 21.3 Å². The average Bonchev–Trinajstić information content (AvgIpc) is 3.08. The first-order chi connectivity index (χ1) is 13.0. The molecular formula is C19H13Br2N3O3. The van der Waals surface area contributed by atoms with Gasteiger partial charge in [0.05, 0.1) is 6.21 Å². The van der Waals surface area contributed by atoms with Crippen molar-refractivity contribution in [3.05, 3.63) is 86.7 Å². The number of furan rings is 1. The highest BCUT2D eigenvalue weighted by Crippen LogP contribution is 2.14. The van der Waals surface area contributed by atoms with Crippen LogP contribution in [0.5, 0.6) is 0 Å². The predicted octanol–water partition coefficient (Wildman–Crippen LogP) is 4.82. The molecule has 3 aromatic rings. The third-order valence-electron chi connectivity index (χ3n) is 3.46. The summed E-state index contributed by atoms with van der Waals surface area (Å²) in [7, 11) is 0. The lowest BCUT2D eigenvalue weighted by Crippen LogP contribution is -2.17. The van der Waals surface area contributed by atoms with Crippen molar-refractivity contribution in [2.75, 3.05) is 5.32 Å². The van der Waals surface area contributed by atoms with Crippen molar-refractivity contribution in [3.63, 3.8) is 0 Å². The van der Waals surface area contributed by atoms with Gasteiger partial charge in [-0.05, 0) is 76.6 Å². The molecule has 0 aliphatic heterocycles. The second-order valence-corrected chi connectivity index (χ2v) is 7.08. The highest BCUT2D eigenvalue weighted by Gasteiger charge is 2.08. The molecular weight excluding hydrogens is 478 g/mol. The summed E-state index contributed by atoms with van der Waals surface area (Å²) in [5.41, 5.74) is 3.95. The SMILES string of the molecule is O=C(N/N=C\c1ccc(Br)o1)c1ccc(NC(=O)c2ccc(Br)cc2)cc1. The molecule has 0 aliphatic carbocycles. The van der Waals surface area contributed by atoms with Crippen molar-refractivity contribution >= 4 is 55.6 Å². The lowest BCUT2D eigenvalue weighted by Gasteiger charge is -2.06. The van der Waals surface area contributed by atoms with Crippen molar-refractivity contribution in [1.29, 1.82) is 0 Å². The normalized spacial score (nSPS) is 10.7. The Morgan fingerprint density at radius 3 is 2.11 bits per heavy atom. The van der Waals surface area contributed by atoms with Crippen LogP contribution in [-0.2, 0) is 0 Å². The maximum Gasteiger partial charge on any atom is 0.271 e. The lowest BCUT2D eigenvalue weighted by molar-refractivity contribution is 0.0954. The minimum Gasteiger partial charge on any atom is -0.448 e. The molecule has 0 unspecified atom stereocenters. The molecule has 136 valence electrons. The molecule has 1 heterocycles. The maximum absolute atomic E-state index is 12.2. The third kappa shape index (κ3) is 5.38. The van der Waals surface area contributed by atoms with Gasteiger partial charge in [0.1, 0.15) is 5.76 Å². The van der Waals surface area contributed by atoms with Crippen LogP contribution in [0.25, 0.3) is 0 Å². The fourth-order valence-electron chi connectivity index (χ4n) is 2.13. The zero-order valence-corrected chi connectivity index (χ0v) is 17.0. The maximum atomic E-state index is 12.2. The molecule has 0 aliphatic rings. The Kier molecular flexibility index (Phi) is 6.20. The van der Waals surface area contributed by atoms with Gasteiger partial charge in [-0.2, -0.15) is 5.10 Å². The van der Waals surface area contributed by atoms with Gasteiger partial charge in [-0.25, -0.2) is 5.43 Å². The van der Waals surface area contributed by atoms with E-state index in [0.29, 0.717) is 27.2 Å². The van der Waals surface area contributed by atoms with Crippen molar-refractivity contribution in [3.8, 4) is 0 Å². The minimum atomic E-state index is -0.373. The molecule has 2 N–H and O–H groups in total. The lowest BCUT2D eigenvalue weighted by atomic mass is 10.1. The second kappa shape index (κ2) is 8.79. The summed E-state index contributed by atoms with van der Waals surface area (Å²) in [5.74, 6) is -0.0928. The van der Waals surface area contributed by atoms with Gasteiger partial charge < -0.3 is 9.73 Å². The summed E-state index contributed by atoms with van der Waals surface area (Å²) in [4.78, 5) is 24.3. The van der Waals surface area contributed by atoms with Gasteiger partial charge in [-0.1, -0.05) is 15.9 Å². The summed E-state index contributed by atoms with van der Waals surface area (Å²) in [6.07, 6.45) is 1.40. The Morgan fingerprint density at radius 2 is 1.48 bits per heavy atom. The highest BCUT2D eigenvalue weighted by atomic mass is 79.9. The van der Waals surface area contributed by atoms with Gasteiger partial charge in [0.15, 0.2) is 4.67 Å². The number of anilines is 1. The van der Waals surface area contributed by atoms with Crippen LogP contribution >= 0.6 is 31.9 Å². The van der Waals surface area contributed by atoms with E-state index in [1.165, 1.54) is 6.21 Å². The summed E-state index contributed by atoms with van der Waals surface area (Å²) < 4.78 is 6.72. The van der Waals surface area contributed by atoms with E-state index in [1.807, 2.05) is 0 Å². The first-order valence-electron chi connectivity index (χ1n) is 7.77. The molecule has 0 spiro atoms. The topological polar surface area (TPSA) is 83.7 Å². The van der Waals surface area contributed by atoms with E-state index in [1.54, 1.807) is 60.7 Å². The molecule has 1 aromatic heterocycles. The summed E-state index contributed by atoms with van der Waals surface area (Å²) in [6, 6.07) is 17.0. The molecule has 0 radical (unpaired) electrons. The Hall–Kier alpha value is -2.71. The molecule has 2 amide bonds. The number of benzene rings is 2. The molecule has 0 saturated carbocycles. The number of halogens is 2. The first kappa shape index (κ1) is 19.1. The monoisotopic (exact) mass is 489 g/mol. The molecule has 6 nitrogen and oxygen atoms in total. The highest BCUT2D eigenvalue weighted by molar-refractivity contribution is 9.10. The van der Waals surface area contributed by atoms with Crippen molar-refractivity contribution < 1.29 is 14.0 Å². The Bertz CT molecular complexity index is 980. The summed E-state index contributed by atoms with van der Waals surface area (Å²) in [5, 5.41) is 6.61. The number of carbonyl (C=O) groups is 2. The van der Waals surface area contributed by atoms with Crippen LogP contribution in [0, 0.1) is 0 Å². The van der Waals surface area contributed by atoms with Gasteiger partial charge in [-0.3, -0.25) is 9.59 Å². The van der Waals surface area contributed by atoms with Crippen LogP contribution in [0.15, 0.2) is 79.3 Å². The zero-order valence-electron chi connectivity index (χ0n) is 13.8. The average molecular weight is 491 g/mol. The standard InChI is InChI=1S/C19H13Br2N3O3/c20-14-5-1-12(2-6-14)18(25)23-15-7-3-13(4-8-15)19(26)24-22-11-16-9-10-17(21)27-16/h1-11H,(H,23,25)(H,24,26)/b22-11-. The zero-order chi connectivity index (χ0) is 19.2. The van der Waals surface area contributed by atoms with Crippen LogP contribution in [0.1, 0.15) is 26.5 Å². The Balaban J connectivity index is 1.57. The van der Waals surface area contributed by atoms with Crippen LogP contribution in [0.3, 0.4) is 0 Å². The number of carbonyl (C=O) groups excluding carboxylic acids is 2. The van der Waals surface area contributed by atoms with Crippen molar-refractivity contribution in [2.45, 2.75) is 0 Å². The Morgan fingerprint density at radius 1 is 0.852 bits per heavy atom. The van der Waals surface area contributed by atoms with Crippen LogP contribution < -0.4 is 10.7 Å². The number of rotatable bonds is 5. The fraction of sp³-hybridized carbons (Fsp3) is 0. The van der Waals surface area contributed by atoms with Gasteiger partial charge >= 0.3 is 0 Å². The first-order valence-corrected chi connectivity index (χ1v) is 9.35. The van der Waals surface area contributed by atoms with E-state index in [9.17, 15) is 9.59 Å². The fourth-order valence-corrected chi connectivity index (χ4v) is 2.71. The van der Waals surface area contributed by atoms with E-state index < -0.39 is 0 Å². The molecule has 0 atom stereocenters. The summed E-state index contributed by atoms with van der Waals surface area (Å²) >= 11 is 6.51. The number of nitrogens with zero attached hydrogens (tertiary/aromatic N) is 1. The van der Waals surface area contributed by atoms with Crippen LogP contribution in [-0.4, -0.2) is 18.0 Å². The third-order valence-corrected chi connectivity index (χ3v) is 4.42. The number of nitrogens with one attached hydrogen (secondary N) is 2. The molecule has 0 bridgehead atoms. The molecule has 8 heteroatoms. The van der Waals surface area contributed by atoms with Crippen molar-refractivity contribution in [2.24, 2.45) is 5.10 Å². The smallest absolute Gasteiger partial charge is 0.271 e. The van der Waals surface area contributed by atoms with Crippen LogP contribution in [0.4, 0.5) is 5.69 Å². The van der Waals surface area contributed by atoms with Gasteiger partial charge in [0.25, 0.3) is 11.8 Å². The van der Waals surface area contributed by atoms with E-state index >= 15 is 0 Å².